The van der Waals surface area contributed by atoms with Gasteiger partial charge in [-0.15, -0.1) is 11.8 Å². The van der Waals surface area contributed by atoms with Gasteiger partial charge in [0.25, 0.3) is 0 Å². The van der Waals surface area contributed by atoms with Crippen molar-refractivity contribution < 1.29 is 4.74 Å². The molecule has 0 amide bonds. The molecular weight excluding hydrogens is 242 g/mol. The maximum atomic E-state index is 5.36. The first kappa shape index (κ1) is 12.4. The first-order valence-corrected chi connectivity index (χ1v) is 7.77. The quantitative estimate of drug-likeness (QED) is 0.829. The number of hydrogen-bond donors (Lipinski definition) is 0. The third-order valence-electron chi connectivity index (χ3n) is 4.32. The second kappa shape index (κ2) is 5.14. The summed E-state index contributed by atoms with van der Waals surface area (Å²) in [6, 6.07) is 7.33. The third-order valence-corrected chi connectivity index (χ3v) is 5.58. The van der Waals surface area contributed by atoms with Gasteiger partial charge in [0.15, 0.2) is 0 Å². The first-order valence-electron chi connectivity index (χ1n) is 6.79. The molecule has 0 unspecified atom stereocenters. The van der Waals surface area contributed by atoms with Gasteiger partial charge in [0.05, 0.1) is 7.11 Å². The molecule has 0 aliphatic carbocycles. The summed E-state index contributed by atoms with van der Waals surface area (Å²) < 4.78 is 5.36. The van der Waals surface area contributed by atoms with E-state index in [0.717, 1.165) is 11.8 Å². The van der Waals surface area contributed by atoms with Crippen LogP contribution in [0.2, 0.25) is 0 Å². The molecule has 0 bridgehead atoms. The minimum atomic E-state index is 0.714. The molecule has 98 valence electrons. The van der Waals surface area contributed by atoms with E-state index >= 15 is 0 Å². The van der Waals surface area contributed by atoms with Crippen molar-refractivity contribution in [1.29, 1.82) is 0 Å². The van der Waals surface area contributed by atoms with Gasteiger partial charge < -0.3 is 9.64 Å². The van der Waals surface area contributed by atoms with Crippen molar-refractivity contribution in [3.05, 3.63) is 23.8 Å². The van der Waals surface area contributed by atoms with E-state index in [-0.39, 0.29) is 0 Å². The minimum absolute atomic E-state index is 0.714. The highest BCUT2D eigenvalue weighted by Gasteiger charge is 2.29. The van der Waals surface area contributed by atoms with Gasteiger partial charge in [-0.05, 0) is 62.5 Å². The van der Waals surface area contributed by atoms with Crippen molar-refractivity contribution in [2.45, 2.75) is 36.1 Å². The molecule has 1 aromatic carbocycles. The smallest absolute Gasteiger partial charge is 0.119 e. The molecule has 0 radical (unpaired) electrons. The summed E-state index contributed by atoms with van der Waals surface area (Å²) in [5.74, 6) is 2.96. The lowest BCUT2D eigenvalue weighted by molar-refractivity contribution is 0.286. The van der Waals surface area contributed by atoms with Gasteiger partial charge in [-0.2, -0.15) is 0 Å². The van der Waals surface area contributed by atoms with Crippen LogP contribution in [0.1, 0.15) is 30.7 Å². The summed E-state index contributed by atoms with van der Waals surface area (Å²) in [6.07, 6.45) is 4.05. The number of likely N-dealkylation sites (tertiary alicyclic amines) is 1. The maximum absolute atomic E-state index is 5.36. The summed E-state index contributed by atoms with van der Waals surface area (Å²) in [6.45, 7) is 1.27. The second-order valence-electron chi connectivity index (χ2n) is 5.42. The summed E-state index contributed by atoms with van der Waals surface area (Å²) in [4.78, 5) is 3.99. The molecule has 0 N–H and O–H groups in total. The van der Waals surface area contributed by atoms with Crippen molar-refractivity contribution in [1.82, 2.24) is 4.90 Å². The highest BCUT2D eigenvalue weighted by atomic mass is 32.2. The van der Waals surface area contributed by atoms with E-state index in [1.807, 2.05) is 11.8 Å². The molecule has 0 saturated carbocycles. The van der Waals surface area contributed by atoms with E-state index in [4.69, 9.17) is 4.74 Å². The number of ether oxygens (including phenoxy) is 1. The summed E-state index contributed by atoms with van der Waals surface area (Å²) in [5, 5.41) is 0. The predicted octanol–water partition coefficient (Wildman–Crippen LogP) is 3.37. The van der Waals surface area contributed by atoms with Crippen LogP contribution in [0.25, 0.3) is 0 Å². The van der Waals surface area contributed by atoms with E-state index < -0.39 is 0 Å². The molecule has 1 saturated heterocycles. The fourth-order valence-corrected chi connectivity index (χ4v) is 4.44. The Kier molecular flexibility index (Phi) is 3.53. The van der Waals surface area contributed by atoms with Crippen molar-refractivity contribution in [2.75, 3.05) is 26.5 Å². The Morgan fingerprint density at radius 3 is 3.06 bits per heavy atom. The van der Waals surface area contributed by atoms with Crippen molar-refractivity contribution >= 4 is 11.8 Å². The molecule has 1 fully saturated rings. The third kappa shape index (κ3) is 2.26. The van der Waals surface area contributed by atoms with E-state index in [2.05, 4.69) is 30.1 Å². The van der Waals surface area contributed by atoms with Gasteiger partial charge in [0, 0.05) is 16.7 Å². The normalized spacial score (nSPS) is 27.4. The van der Waals surface area contributed by atoms with Crippen LogP contribution in [-0.4, -0.2) is 37.4 Å². The van der Waals surface area contributed by atoms with Crippen LogP contribution in [0.5, 0.6) is 5.75 Å². The number of methoxy groups -OCH3 is 1. The molecule has 2 aliphatic heterocycles. The first-order chi connectivity index (χ1) is 8.78. The SMILES string of the molecule is COc1ccc2c(c1)[C@@H](C[C@H]1CCCN1C)CS2. The van der Waals surface area contributed by atoms with Crippen LogP contribution >= 0.6 is 11.8 Å². The van der Waals surface area contributed by atoms with Gasteiger partial charge in [-0.3, -0.25) is 0 Å². The number of nitrogens with zero attached hydrogens (tertiary/aromatic N) is 1. The predicted molar refractivity (Wildman–Crippen MR) is 76.7 cm³/mol. The van der Waals surface area contributed by atoms with E-state index in [9.17, 15) is 0 Å². The number of fused-ring (bicyclic) bond motifs is 1. The Balaban J connectivity index is 1.76. The van der Waals surface area contributed by atoms with Crippen molar-refractivity contribution in [2.24, 2.45) is 0 Å². The molecule has 3 heteroatoms. The van der Waals surface area contributed by atoms with Gasteiger partial charge in [0.2, 0.25) is 0 Å². The lowest BCUT2D eigenvalue weighted by atomic mass is 9.93. The van der Waals surface area contributed by atoms with E-state index in [1.54, 1.807) is 7.11 Å². The number of hydrogen-bond acceptors (Lipinski definition) is 3. The average molecular weight is 263 g/mol. The topological polar surface area (TPSA) is 12.5 Å². The Bertz CT molecular complexity index is 435. The molecule has 0 spiro atoms. The Hall–Kier alpha value is -0.670. The number of rotatable bonds is 3. The highest BCUT2D eigenvalue weighted by molar-refractivity contribution is 7.99. The van der Waals surface area contributed by atoms with E-state index in [1.165, 1.54) is 42.0 Å². The lowest BCUT2D eigenvalue weighted by Gasteiger charge is -2.23. The molecule has 18 heavy (non-hydrogen) atoms. The fraction of sp³-hybridized carbons (Fsp3) is 0.600. The van der Waals surface area contributed by atoms with Crippen molar-refractivity contribution in [3.8, 4) is 5.75 Å². The summed E-state index contributed by atoms with van der Waals surface area (Å²) >= 11 is 2.01. The van der Waals surface area contributed by atoms with Crippen LogP contribution in [0.15, 0.2) is 23.1 Å². The molecule has 0 aromatic heterocycles. The van der Waals surface area contributed by atoms with Crippen LogP contribution in [0.4, 0.5) is 0 Å². The largest absolute Gasteiger partial charge is 0.497 e. The Morgan fingerprint density at radius 2 is 2.33 bits per heavy atom. The molecule has 2 nitrogen and oxygen atoms in total. The second-order valence-corrected chi connectivity index (χ2v) is 6.49. The Morgan fingerprint density at radius 1 is 1.44 bits per heavy atom. The van der Waals surface area contributed by atoms with Crippen molar-refractivity contribution in [3.63, 3.8) is 0 Å². The molecule has 3 rings (SSSR count). The average Bonchev–Trinajstić information content (AvgIpc) is 2.97. The van der Waals surface area contributed by atoms with E-state index in [0.29, 0.717) is 5.92 Å². The van der Waals surface area contributed by atoms with Crippen LogP contribution in [0.3, 0.4) is 0 Å². The van der Waals surface area contributed by atoms with Crippen LogP contribution < -0.4 is 4.74 Å². The van der Waals surface area contributed by atoms with Gasteiger partial charge in [-0.25, -0.2) is 0 Å². The molecule has 1 aromatic rings. The lowest BCUT2D eigenvalue weighted by Crippen LogP contribution is -2.26. The minimum Gasteiger partial charge on any atom is -0.497 e. The number of thioether (sulfide) groups is 1. The highest BCUT2D eigenvalue weighted by Crippen LogP contribution is 2.44. The number of benzene rings is 1. The van der Waals surface area contributed by atoms with Gasteiger partial charge >= 0.3 is 0 Å². The fourth-order valence-electron chi connectivity index (χ4n) is 3.18. The van der Waals surface area contributed by atoms with Gasteiger partial charge in [0.1, 0.15) is 5.75 Å². The van der Waals surface area contributed by atoms with Crippen LogP contribution in [0, 0.1) is 0 Å². The summed E-state index contributed by atoms with van der Waals surface area (Å²) in [7, 11) is 4.02. The Labute approximate surface area is 114 Å². The van der Waals surface area contributed by atoms with Crippen LogP contribution in [-0.2, 0) is 0 Å². The molecule has 2 heterocycles. The zero-order valence-corrected chi connectivity index (χ0v) is 12.0. The molecule has 2 atom stereocenters. The standard InChI is InChI=1S/C15H21NOS/c1-16-7-3-4-12(16)8-11-10-18-15-6-5-13(17-2)9-14(11)15/h5-6,9,11-12H,3-4,7-8,10H2,1-2H3/t11-,12+/m0/s1. The monoisotopic (exact) mass is 263 g/mol. The molecule has 2 aliphatic rings. The van der Waals surface area contributed by atoms with Gasteiger partial charge in [-0.1, -0.05) is 0 Å². The summed E-state index contributed by atoms with van der Waals surface area (Å²) in [5.41, 5.74) is 1.51. The zero-order valence-electron chi connectivity index (χ0n) is 11.2. The maximum Gasteiger partial charge on any atom is 0.119 e. The molecular formula is C15H21NOS. The zero-order chi connectivity index (χ0) is 12.5.